The molecule has 2 amide bonds. The van der Waals surface area contributed by atoms with Crippen molar-refractivity contribution < 1.29 is 13.4 Å². The molecule has 21 heavy (non-hydrogen) atoms. The molecule has 7 heteroatoms. The highest BCUT2D eigenvalue weighted by atomic mass is 32.2. The minimum atomic E-state index is -1.38. The number of hydrogen-bond acceptors (Lipinski definition) is 3. The molecule has 2 atom stereocenters. The molecule has 0 spiro atoms. The molecule has 2 rings (SSSR count). The van der Waals surface area contributed by atoms with Crippen molar-refractivity contribution >= 4 is 34.3 Å². The lowest BCUT2D eigenvalue weighted by Crippen LogP contribution is -2.39. The Labute approximate surface area is 130 Å². The summed E-state index contributed by atoms with van der Waals surface area (Å²) in [6, 6.07) is 3.80. The minimum absolute atomic E-state index is 0.0888. The fraction of sp³-hybridized carbons (Fsp3) is 0.500. The number of rotatable bonds is 4. The quantitative estimate of drug-likeness (QED) is 0.892. The second-order valence-corrected chi connectivity index (χ2v) is 8.34. The Morgan fingerprint density at radius 2 is 2.29 bits per heavy atom. The number of nitrogens with one attached hydrogen (secondary N) is 2. The predicted octanol–water partition coefficient (Wildman–Crippen LogP) is 2.97. The molecule has 1 aromatic rings. The molecule has 2 N–H and O–H groups in total. The van der Waals surface area contributed by atoms with Crippen molar-refractivity contribution in [2.75, 3.05) is 23.9 Å². The molecular weight excluding hydrogens is 311 g/mol. The predicted molar refractivity (Wildman–Crippen MR) is 85.9 cm³/mol. The topological polar surface area (TPSA) is 58.2 Å². The van der Waals surface area contributed by atoms with Gasteiger partial charge in [-0.1, -0.05) is 0 Å². The third-order valence-electron chi connectivity index (χ3n) is 3.42. The van der Waals surface area contributed by atoms with Gasteiger partial charge in [-0.2, -0.15) is 11.8 Å². The summed E-state index contributed by atoms with van der Waals surface area (Å²) in [5.41, 5.74) is 0.350. The first-order valence-electron chi connectivity index (χ1n) is 6.71. The van der Waals surface area contributed by atoms with E-state index in [-0.39, 0.29) is 15.7 Å². The van der Waals surface area contributed by atoms with E-state index in [4.69, 9.17) is 0 Å². The van der Waals surface area contributed by atoms with Crippen LogP contribution in [0.15, 0.2) is 23.1 Å². The highest BCUT2D eigenvalue weighted by Crippen LogP contribution is 2.36. The molecule has 0 aromatic heterocycles. The lowest BCUT2D eigenvalue weighted by atomic mass is 10.1. The normalized spacial score (nSPS) is 22.8. The first-order valence-corrected chi connectivity index (χ1v) is 9.26. The molecule has 1 fully saturated rings. The average molecular weight is 330 g/mol. The van der Waals surface area contributed by atoms with E-state index >= 15 is 0 Å². The van der Waals surface area contributed by atoms with Gasteiger partial charge in [0, 0.05) is 23.2 Å². The molecule has 1 aliphatic rings. The van der Waals surface area contributed by atoms with Crippen LogP contribution in [0.25, 0.3) is 0 Å². The van der Waals surface area contributed by atoms with Crippen LogP contribution in [0.2, 0.25) is 0 Å². The van der Waals surface area contributed by atoms with Gasteiger partial charge in [-0.15, -0.1) is 0 Å². The molecule has 116 valence electrons. The maximum Gasteiger partial charge on any atom is 0.319 e. The Morgan fingerprint density at radius 3 is 2.86 bits per heavy atom. The number of halogens is 1. The van der Waals surface area contributed by atoms with E-state index in [9.17, 15) is 13.4 Å². The Hall–Kier alpha value is -1.08. The fourth-order valence-corrected chi connectivity index (χ4v) is 4.07. The lowest BCUT2D eigenvalue weighted by Gasteiger charge is -2.22. The Balaban J connectivity index is 1.90. The van der Waals surface area contributed by atoms with Gasteiger partial charge in [-0.25, -0.2) is 9.18 Å². The summed E-state index contributed by atoms with van der Waals surface area (Å²) in [7, 11) is -1.38. The van der Waals surface area contributed by atoms with Gasteiger partial charge in [-0.3, -0.25) is 4.21 Å². The minimum Gasteiger partial charge on any atom is -0.336 e. The molecule has 0 bridgehead atoms. The highest BCUT2D eigenvalue weighted by molar-refractivity contribution is 8.00. The first kappa shape index (κ1) is 16.3. The van der Waals surface area contributed by atoms with Crippen LogP contribution in [-0.2, 0) is 10.8 Å². The molecule has 0 aliphatic carbocycles. The van der Waals surface area contributed by atoms with E-state index in [1.165, 1.54) is 24.8 Å². The van der Waals surface area contributed by atoms with Crippen LogP contribution in [0, 0.1) is 5.82 Å². The van der Waals surface area contributed by atoms with E-state index < -0.39 is 16.6 Å². The maximum atomic E-state index is 13.7. The number of anilines is 1. The van der Waals surface area contributed by atoms with Gasteiger partial charge in [0.15, 0.2) is 0 Å². The van der Waals surface area contributed by atoms with Crippen LogP contribution in [0.1, 0.15) is 19.8 Å². The third-order valence-corrected chi connectivity index (χ3v) is 5.91. The zero-order valence-electron chi connectivity index (χ0n) is 12.1. The summed E-state index contributed by atoms with van der Waals surface area (Å²) in [6.45, 7) is 2.72. The number of thioether (sulfide) groups is 1. The summed E-state index contributed by atoms with van der Waals surface area (Å²) in [5, 5.41) is 5.41. The molecule has 0 saturated carbocycles. The van der Waals surface area contributed by atoms with Crippen LogP contribution in [0.3, 0.4) is 0 Å². The third kappa shape index (κ3) is 4.44. The number of carbonyl (C=O) groups is 1. The van der Waals surface area contributed by atoms with E-state index in [0.717, 1.165) is 12.2 Å². The number of urea groups is 1. The van der Waals surface area contributed by atoms with E-state index in [0.29, 0.717) is 12.2 Å². The smallest absolute Gasteiger partial charge is 0.319 e. The van der Waals surface area contributed by atoms with Gasteiger partial charge in [0.2, 0.25) is 0 Å². The van der Waals surface area contributed by atoms with Crippen LogP contribution >= 0.6 is 11.8 Å². The van der Waals surface area contributed by atoms with Crippen molar-refractivity contribution in [1.29, 1.82) is 0 Å². The van der Waals surface area contributed by atoms with Gasteiger partial charge in [0.1, 0.15) is 5.82 Å². The maximum absolute atomic E-state index is 13.7. The number of benzene rings is 1. The molecule has 1 saturated heterocycles. The summed E-state index contributed by atoms with van der Waals surface area (Å²) in [4.78, 5) is 12.0. The second-order valence-electron chi connectivity index (χ2n) is 5.31. The van der Waals surface area contributed by atoms with Crippen LogP contribution in [0.4, 0.5) is 14.9 Å². The van der Waals surface area contributed by atoms with E-state index in [2.05, 4.69) is 17.6 Å². The first-order chi connectivity index (χ1) is 9.89. The molecule has 4 nitrogen and oxygen atoms in total. The summed E-state index contributed by atoms with van der Waals surface area (Å²) in [6.07, 6.45) is 3.67. The van der Waals surface area contributed by atoms with Crippen LogP contribution in [-0.4, -0.2) is 33.5 Å². The monoisotopic (exact) mass is 330 g/mol. The Bertz CT molecular complexity index is 560. The number of carbonyl (C=O) groups excluding carboxylic acids is 1. The van der Waals surface area contributed by atoms with E-state index in [1.54, 1.807) is 6.07 Å². The van der Waals surface area contributed by atoms with E-state index in [1.807, 2.05) is 11.8 Å². The Morgan fingerprint density at radius 1 is 1.52 bits per heavy atom. The molecule has 1 aromatic carbocycles. The van der Waals surface area contributed by atoms with Gasteiger partial charge >= 0.3 is 6.03 Å². The molecule has 0 radical (unpaired) electrons. The van der Waals surface area contributed by atoms with Crippen molar-refractivity contribution in [2.24, 2.45) is 0 Å². The van der Waals surface area contributed by atoms with Gasteiger partial charge in [-0.05, 0) is 43.7 Å². The number of amides is 2. The van der Waals surface area contributed by atoms with Gasteiger partial charge in [0.05, 0.1) is 15.7 Å². The highest BCUT2D eigenvalue weighted by Gasteiger charge is 2.29. The zero-order valence-corrected chi connectivity index (χ0v) is 13.7. The van der Waals surface area contributed by atoms with Crippen molar-refractivity contribution in [3.63, 3.8) is 0 Å². The lowest BCUT2D eigenvalue weighted by molar-refractivity contribution is 0.251. The molecular formula is C14H19FN2O2S2. The molecule has 1 heterocycles. The fourth-order valence-electron chi connectivity index (χ4n) is 2.23. The largest absolute Gasteiger partial charge is 0.336 e. The number of hydrogen-bond donors (Lipinski definition) is 2. The summed E-state index contributed by atoms with van der Waals surface area (Å²) < 4.78 is 25.0. The SMILES string of the molecule is C[S@](=O)c1ccc(NC(=O)NC[C@@]2(C)CCCS2)cc1F. The molecule has 0 unspecified atom stereocenters. The van der Waals surface area contributed by atoms with Gasteiger partial charge < -0.3 is 10.6 Å². The van der Waals surface area contributed by atoms with Crippen molar-refractivity contribution in [2.45, 2.75) is 29.4 Å². The summed E-state index contributed by atoms with van der Waals surface area (Å²) >= 11 is 1.86. The van der Waals surface area contributed by atoms with Crippen LogP contribution < -0.4 is 10.6 Å². The Kier molecular flexibility index (Phi) is 5.27. The summed E-state index contributed by atoms with van der Waals surface area (Å²) in [5.74, 6) is 0.549. The standard InChI is InChI=1S/C14H19FN2O2S2/c1-14(6-3-7-20-14)9-16-13(18)17-10-4-5-12(21(2)19)11(15)8-10/h4-5,8H,3,6-7,9H2,1-2H3,(H2,16,17,18)/t14-,21+/m1/s1. The van der Waals surface area contributed by atoms with Crippen LogP contribution in [0.5, 0.6) is 0 Å². The van der Waals surface area contributed by atoms with Crippen molar-refractivity contribution in [3.05, 3.63) is 24.0 Å². The van der Waals surface area contributed by atoms with Gasteiger partial charge in [0.25, 0.3) is 0 Å². The molecule has 1 aliphatic heterocycles. The second kappa shape index (κ2) is 6.79. The van der Waals surface area contributed by atoms with Crippen molar-refractivity contribution in [3.8, 4) is 0 Å². The zero-order chi connectivity index (χ0) is 15.5. The average Bonchev–Trinajstić information content (AvgIpc) is 2.84. The van der Waals surface area contributed by atoms with Crippen molar-refractivity contribution in [1.82, 2.24) is 5.32 Å².